The molecule has 0 radical (unpaired) electrons. The second-order valence-electron chi connectivity index (χ2n) is 3.92. The number of pyridine rings is 1. The Morgan fingerprint density at radius 2 is 2.13 bits per heavy atom. The minimum absolute atomic E-state index is 0.223. The van der Waals surface area contributed by atoms with E-state index < -0.39 is 0 Å². The van der Waals surface area contributed by atoms with Crippen molar-refractivity contribution in [2.45, 2.75) is 26.3 Å². The topological polar surface area (TPSA) is 36.4 Å². The highest BCUT2D eigenvalue weighted by molar-refractivity contribution is 5.03. The van der Waals surface area contributed by atoms with E-state index in [1.54, 1.807) is 0 Å². The largest absolute Gasteiger partial charge is 0.395 e. The van der Waals surface area contributed by atoms with Crippen LogP contribution in [0.1, 0.15) is 19.5 Å². The van der Waals surface area contributed by atoms with Gasteiger partial charge in [0.15, 0.2) is 0 Å². The van der Waals surface area contributed by atoms with E-state index in [-0.39, 0.29) is 6.61 Å². The van der Waals surface area contributed by atoms with Crippen molar-refractivity contribution in [1.82, 2.24) is 9.88 Å². The first-order valence-corrected chi connectivity index (χ1v) is 5.49. The van der Waals surface area contributed by atoms with Gasteiger partial charge in [-0.2, -0.15) is 0 Å². The van der Waals surface area contributed by atoms with Gasteiger partial charge in [-0.1, -0.05) is 6.07 Å². The smallest absolute Gasteiger partial charge is 0.0558 e. The fraction of sp³-hybridized carbons (Fsp3) is 0.583. The molecule has 1 aromatic rings. The number of aromatic nitrogens is 1. The van der Waals surface area contributed by atoms with Gasteiger partial charge in [0.2, 0.25) is 0 Å². The molecular formula is C12H20N2O. The standard InChI is InChI=1S/C12H20N2O/c1-11(2)14(9-10-15)8-6-12-5-3-4-7-13-12/h3-5,7,11,15H,6,8-10H2,1-2H3. The number of aliphatic hydroxyl groups excluding tert-OH is 1. The first-order valence-electron chi connectivity index (χ1n) is 5.49. The van der Waals surface area contributed by atoms with E-state index in [0.29, 0.717) is 6.04 Å². The van der Waals surface area contributed by atoms with E-state index in [9.17, 15) is 0 Å². The number of hydrogen-bond donors (Lipinski definition) is 1. The van der Waals surface area contributed by atoms with Crippen LogP contribution >= 0.6 is 0 Å². The molecule has 0 aliphatic carbocycles. The molecule has 1 N–H and O–H groups in total. The molecule has 0 fully saturated rings. The first kappa shape index (κ1) is 12.1. The maximum absolute atomic E-state index is 8.93. The molecule has 15 heavy (non-hydrogen) atoms. The van der Waals surface area contributed by atoms with Crippen LogP contribution in [0.2, 0.25) is 0 Å². The molecule has 0 saturated carbocycles. The number of hydrogen-bond acceptors (Lipinski definition) is 3. The predicted octanol–water partition coefficient (Wildman–Crippen LogP) is 1.33. The van der Waals surface area contributed by atoms with Crippen molar-refractivity contribution in [3.63, 3.8) is 0 Å². The van der Waals surface area contributed by atoms with Gasteiger partial charge in [0, 0.05) is 37.4 Å². The van der Waals surface area contributed by atoms with Crippen molar-refractivity contribution in [2.75, 3.05) is 19.7 Å². The van der Waals surface area contributed by atoms with Crippen LogP contribution in [0.15, 0.2) is 24.4 Å². The summed E-state index contributed by atoms with van der Waals surface area (Å²) in [6, 6.07) is 6.45. The van der Waals surface area contributed by atoms with E-state index in [1.807, 2.05) is 24.4 Å². The van der Waals surface area contributed by atoms with Crippen LogP contribution in [0.4, 0.5) is 0 Å². The van der Waals surface area contributed by atoms with E-state index in [0.717, 1.165) is 25.2 Å². The number of nitrogens with zero attached hydrogens (tertiary/aromatic N) is 2. The van der Waals surface area contributed by atoms with Crippen molar-refractivity contribution in [1.29, 1.82) is 0 Å². The molecule has 0 saturated heterocycles. The Morgan fingerprint density at radius 3 is 2.67 bits per heavy atom. The lowest BCUT2D eigenvalue weighted by Gasteiger charge is -2.25. The van der Waals surface area contributed by atoms with Crippen LogP contribution < -0.4 is 0 Å². The number of rotatable bonds is 6. The normalized spacial score (nSPS) is 11.3. The molecule has 0 aliphatic rings. The Balaban J connectivity index is 2.40. The predicted molar refractivity (Wildman–Crippen MR) is 61.7 cm³/mol. The van der Waals surface area contributed by atoms with Gasteiger partial charge in [0.05, 0.1) is 6.61 Å². The molecule has 1 aromatic heterocycles. The summed E-state index contributed by atoms with van der Waals surface area (Å²) in [6.07, 6.45) is 2.76. The summed E-state index contributed by atoms with van der Waals surface area (Å²) in [5, 5.41) is 8.93. The van der Waals surface area contributed by atoms with Crippen LogP contribution in [-0.2, 0) is 6.42 Å². The van der Waals surface area contributed by atoms with Gasteiger partial charge in [-0.15, -0.1) is 0 Å². The van der Waals surface area contributed by atoms with Gasteiger partial charge < -0.3 is 5.11 Å². The fourth-order valence-corrected chi connectivity index (χ4v) is 1.56. The third-order valence-electron chi connectivity index (χ3n) is 2.50. The van der Waals surface area contributed by atoms with Gasteiger partial charge in [-0.25, -0.2) is 0 Å². The second kappa shape index (κ2) is 6.53. The second-order valence-corrected chi connectivity index (χ2v) is 3.92. The molecule has 3 nitrogen and oxygen atoms in total. The highest BCUT2D eigenvalue weighted by Crippen LogP contribution is 2.01. The Labute approximate surface area is 91.8 Å². The van der Waals surface area contributed by atoms with E-state index in [1.165, 1.54) is 0 Å². The zero-order valence-electron chi connectivity index (χ0n) is 9.56. The molecule has 0 spiro atoms. The van der Waals surface area contributed by atoms with E-state index in [4.69, 9.17) is 5.11 Å². The summed E-state index contributed by atoms with van der Waals surface area (Å²) >= 11 is 0. The highest BCUT2D eigenvalue weighted by atomic mass is 16.3. The lowest BCUT2D eigenvalue weighted by molar-refractivity contribution is 0.167. The van der Waals surface area contributed by atoms with Gasteiger partial charge in [0.1, 0.15) is 0 Å². The Kier molecular flexibility index (Phi) is 5.29. The van der Waals surface area contributed by atoms with Crippen LogP contribution in [0.5, 0.6) is 0 Å². The maximum Gasteiger partial charge on any atom is 0.0558 e. The third kappa shape index (κ3) is 4.40. The molecule has 0 atom stereocenters. The Bertz CT molecular complexity index is 262. The Morgan fingerprint density at radius 1 is 1.33 bits per heavy atom. The van der Waals surface area contributed by atoms with Crippen molar-refractivity contribution in [3.8, 4) is 0 Å². The molecule has 0 unspecified atom stereocenters. The fourth-order valence-electron chi connectivity index (χ4n) is 1.56. The van der Waals surface area contributed by atoms with Crippen LogP contribution in [0.3, 0.4) is 0 Å². The van der Waals surface area contributed by atoms with Crippen LogP contribution in [0.25, 0.3) is 0 Å². The first-order chi connectivity index (χ1) is 7.24. The SMILES string of the molecule is CC(C)N(CCO)CCc1ccccn1. The maximum atomic E-state index is 8.93. The molecular weight excluding hydrogens is 188 g/mol. The van der Waals surface area contributed by atoms with Crippen LogP contribution in [0, 0.1) is 0 Å². The lowest BCUT2D eigenvalue weighted by atomic mass is 10.2. The summed E-state index contributed by atoms with van der Waals surface area (Å²) in [7, 11) is 0. The minimum Gasteiger partial charge on any atom is -0.395 e. The average Bonchev–Trinajstić information content (AvgIpc) is 2.25. The molecule has 3 heteroatoms. The molecule has 1 rings (SSSR count). The van der Waals surface area contributed by atoms with Gasteiger partial charge in [-0.3, -0.25) is 9.88 Å². The van der Waals surface area contributed by atoms with Crippen molar-refractivity contribution in [3.05, 3.63) is 30.1 Å². The van der Waals surface area contributed by atoms with E-state index in [2.05, 4.69) is 23.7 Å². The Hall–Kier alpha value is -0.930. The number of aliphatic hydroxyl groups is 1. The zero-order valence-corrected chi connectivity index (χ0v) is 9.56. The summed E-state index contributed by atoms with van der Waals surface area (Å²) in [5.74, 6) is 0. The van der Waals surface area contributed by atoms with Gasteiger partial charge in [-0.05, 0) is 26.0 Å². The molecule has 1 heterocycles. The van der Waals surface area contributed by atoms with Gasteiger partial charge in [0.25, 0.3) is 0 Å². The van der Waals surface area contributed by atoms with Crippen molar-refractivity contribution < 1.29 is 5.11 Å². The lowest BCUT2D eigenvalue weighted by Crippen LogP contribution is -2.35. The molecule has 0 amide bonds. The molecule has 0 aliphatic heterocycles. The van der Waals surface area contributed by atoms with Crippen LogP contribution in [-0.4, -0.2) is 40.7 Å². The zero-order chi connectivity index (χ0) is 11.1. The third-order valence-corrected chi connectivity index (χ3v) is 2.50. The van der Waals surface area contributed by atoms with Gasteiger partial charge >= 0.3 is 0 Å². The molecule has 84 valence electrons. The van der Waals surface area contributed by atoms with E-state index >= 15 is 0 Å². The summed E-state index contributed by atoms with van der Waals surface area (Å²) in [4.78, 5) is 6.54. The minimum atomic E-state index is 0.223. The summed E-state index contributed by atoms with van der Waals surface area (Å²) in [6.45, 7) is 6.21. The summed E-state index contributed by atoms with van der Waals surface area (Å²) < 4.78 is 0. The van der Waals surface area contributed by atoms with Crippen molar-refractivity contribution in [2.24, 2.45) is 0 Å². The molecule has 0 bridgehead atoms. The van der Waals surface area contributed by atoms with Crippen molar-refractivity contribution >= 4 is 0 Å². The molecule has 0 aromatic carbocycles. The average molecular weight is 208 g/mol. The monoisotopic (exact) mass is 208 g/mol. The summed E-state index contributed by atoms with van der Waals surface area (Å²) in [5.41, 5.74) is 1.11. The quantitative estimate of drug-likeness (QED) is 0.766. The highest BCUT2D eigenvalue weighted by Gasteiger charge is 2.08.